The van der Waals surface area contributed by atoms with E-state index >= 15 is 0 Å². The van der Waals surface area contributed by atoms with Crippen LogP contribution in [0.4, 0.5) is 0 Å². The highest BCUT2D eigenvalue weighted by Gasteiger charge is 2.25. The second-order valence-electron chi connectivity index (χ2n) is 6.99. The Balaban J connectivity index is 3.08. The predicted octanol–water partition coefficient (Wildman–Crippen LogP) is 4.50. The molecule has 0 fully saturated rings. The van der Waals surface area contributed by atoms with E-state index in [-0.39, 0.29) is 0 Å². The molecular formula is C18H31NO2S. The molecule has 0 N–H and O–H groups in total. The van der Waals surface area contributed by atoms with E-state index < -0.39 is 10.0 Å². The molecule has 0 saturated heterocycles. The van der Waals surface area contributed by atoms with Crippen molar-refractivity contribution in [2.45, 2.75) is 58.8 Å². The van der Waals surface area contributed by atoms with Crippen molar-refractivity contribution in [2.75, 3.05) is 13.1 Å². The zero-order valence-electron chi connectivity index (χ0n) is 14.8. The summed E-state index contributed by atoms with van der Waals surface area (Å²) >= 11 is 0. The lowest BCUT2D eigenvalue weighted by Gasteiger charge is -2.25. The molecule has 0 aliphatic rings. The van der Waals surface area contributed by atoms with E-state index in [2.05, 4.69) is 41.5 Å². The molecule has 126 valence electrons. The maximum Gasteiger partial charge on any atom is 0.243 e. The Bertz CT molecular complexity index is 537. The Morgan fingerprint density at radius 3 is 1.73 bits per heavy atom. The average Bonchev–Trinajstić information content (AvgIpc) is 2.45. The van der Waals surface area contributed by atoms with E-state index in [1.807, 2.05) is 12.1 Å². The van der Waals surface area contributed by atoms with E-state index in [0.29, 0.717) is 35.7 Å². The lowest BCUT2D eigenvalue weighted by molar-refractivity contribution is 0.333. The van der Waals surface area contributed by atoms with Gasteiger partial charge in [0.15, 0.2) is 0 Å². The van der Waals surface area contributed by atoms with Crippen LogP contribution < -0.4 is 0 Å². The quantitative estimate of drug-likeness (QED) is 0.705. The molecule has 0 amide bonds. The van der Waals surface area contributed by atoms with Crippen molar-refractivity contribution in [3.8, 4) is 0 Å². The molecule has 1 atom stereocenters. The molecule has 0 aliphatic heterocycles. The number of sulfonamides is 1. The summed E-state index contributed by atoms with van der Waals surface area (Å²) < 4.78 is 27.4. The third kappa shape index (κ3) is 5.10. The summed E-state index contributed by atoms with van der Waals surface area (Å²) in [5.74, 6) is 1.08. The first-order valence-corrected chi connectivity index (χ1v) is 9.72. The lowest BCUT2D eigenvalue weighted by atomic mass is 9.99. The van der Waals surface area contributed by atoms with Gasteiger partial charge in [0.2, 0.25) is 10.0 Å². The fourth-order valence-electron chi connectivity index (χ4n) is 2.44. The van der Waals surface area contributed by atoms with Gasteiger partial charge in [-0.2, -0.15) is 4.31 Å². The van der Waals surface area contributed by atoms with Crippen molar-refractivity contribution in [1.29, 1.82) is 0 Å². The maximum atomic E-state index is 12.9. The minimum atomic E-state index is -3.41. The minimum absolute atomic E-state index is 0.313. The molecule has 1 unspecified atom stereocenters. The van der Waals surface area contributed by atoms with Crippen LogP contribution in [0.2, 0.25) is 0 Å². The van der Waals surface area contributed by atoms with Gasteiger partial charge in [0.1, 0.15) is 0 Å². The first kappa shape index (κ1) is 19.2. The van der Waals surface area contributed by atoms with E-state index in [4.69, 9.17) is 0 Å². The summed E-state index contributed by atoms with van der Waals surface area (Å²) in [4.78, 5) is 0.404. The first-order valence-electron chi connectivity index (χ1n) is 8.28. The van der Waals surface area contributed by atoms with Gasteiger partial charge in [-0.25, -0.2) is 8.42 Å². The summed E-state index contributed by atoms with van der Waals surface area (Å²) in [5, 5.41) is 0. The van der Waals surface area contributed by atoms with Gasteiger partial charge < -0.3 is 0 Å². The molecule has 1 aromatic carbocycles. The molecule has 0 heterocycles. The zero-order valence-corrected chi connectivity index (χ0v) is 15.7. The van der Waals surface area contributed by atoms with Gasteiger partial charge in [0.25, 0.3) is 0 Å². The zero-order chi connectivity index (χ0) is 16.9. The number of rotatable bonds is 8. The van der Waals surface area contributed by atoms with Crippen molar-refractivity contribution < 1.29 is 8.42 Å². The molecule has 0 radical (unpaired) electrons. The van der Waals surface area contributed by atoms with Crippen LogP contribution in [0.5, 0.6) is 0 Å². The van der Waals surface area contributed by atoms with Gasteiger partial charge in [0, 0.05) is 13.1 Å². The van der Waals surface area contributed by atoms with Crippen LogP contribution in [0.1, 0.15) is 59.4 Å². The predicted molar refractivity (Wildman–Crippen MR) is 93.6 cm³/mol. The van der Waals surface area contributed by atoms with E-state index in [1.165, 1.54) is 5.56 Å². The van der Waals surface area contributed by atoms with E-state index in [1.54, 1.807) is 16.4 Å². The van der Waals surface area contributed by atoms with Gasteiger partial charge in [-0.05, 0) is 41.9 Å². The van der Waals surface area contributed by atoms with Crippen LogP contribution in [-0.2, 0) is 10.0 Å². The molecule has 0 aromatic heterocycles. The fourth-order valence-corrected chi connectivity index (χ4v) is 4.21. The Morgan fingerprint density at radius 1 is 0.909 bits per heavy atom. The molecule has 0 bridgehead atoms. The van der Waals surface area contributed by atoms with Crippen LogP contribution in [0.25, 0.3) is 0 Å². The Kier molecular flexibility index (Phi) is 7.07. The lowest BCUT2D eigenvalue weighted by Crippen LogP contribution is -2.37. The SMILES string of the molecule is CCC(C)c1ccc(S(=O)(=O)N(CC(C)C)CC(C)C)cc1. The Labute approximate surface area is 136 Å². The summed E-state index contributed by atoms with van der Waals surface area (Å²) in [6.45, 7) is 13.6. The fraction of sp³-hybridized carbons (Fsp3) is 0.667. The van der Waals surface area contributed by atoms with Crippen LogP contribution >= 0.6 is 0 Å². The Morgan fingerprint density at radius 2 is 1.36 bits per heavy atom. The van der Waals surface area contributed by atoms with Crippen LogP contribution in [-0.4, -0.2) is 25.8 Å². The smallest absolute Gasteiger partial charge is 0.207 e. The maximum absolute atomic E-state index is 12.9. The third-order valence-corrected chi connectivity index (χ3v) is 5.68. The summed E-state index contributed by atoms with van der Waals surface area (Å²) in [5.41, 5.74) is 1.20. The Hall–Kier alpha value is -0.870. The van der Waals surface area contributed by atoms with Crippen LogP contribution in [0.3, 0.4) is 0 Å². The third-order valence-electron chi connectivity index (χ3n) is 3.84. The average molecular weight is 326 g/mol. The minimum Gasteiger partial charge on any atom is -0.207 e. The van der Waals surface area contributed by atoms with Gasteiger partial charge in [-0.1, -0.05) is 53.7 Å². The van der Waals surface area contributed by atoms with Crippen LogP contribution in [0.15, 0.2) is 29.2 Å². The van der Waals surface area contributed by atoms with Crippen molar-refractivity contribution >= 4 is 10.0 Å². The number of benzene rings is 1. The number of hydrogen-bond acceptors (Lipinski definition) is 2. The molecular weight excluding hydrogens is 294 g/mol. The molecule has 22 heavy (non-hydrogen) atoms. The standard InChI is InChI=1S/C18H31NO2S/c1-7-16(6)17-8-10-18(11-9-17)22(20,21)19(12-14(2)3)13-15(4)5/h8-11,14-16H,7,12-13H2,1-6H3. The molecule has 1 aromatic rings. The van der Waals surface area contributed by atoms with Gasteiger partial charge in [0.05, 0.1) is 4.90 Å². The van der Waals surface area contributed by atoms with Crippen molar-refractivity contribution in [1.82, 2.24) is 4.31 Å². The molecule has 0 aliphatic carbocycles. The number of nitrogens with zero attached hydrogens (tertiary/aromatic N) is 1. The second-order valence-corrected chi connectivity index (χ2v) is 8.93. The number of hydrogen-bond donors (Lipinski definition) is 0. The second kappa shape index (κ2) is 8.11. The highest BCUT2D eigenvalue weighted by atomic mass is 32.2. The van der Waals surface area contributed by atoms with Crippen molar-refractivity contribution in [3.05, 3.63) is 29.8 Å². The van der Waals surface area contributed by atoms with Crippen LogP contribution in [0, 0.1) is 11.8 Å². The van der Waals surface area contributed by atoms with Gasteiger partial charge in [-0.15, -0.1) is 0 Å². The molecule has 3 nitrogen and oxygen atoms in total. The topological polar surface area (TPSA) is 37.4 Å². The monoisotopic (exact) mass is 325 g/mol. The molecule has 4 heteroatoms. The highest BCUT2D eigenvalue weighted by Crippen LogP contribution is 2.23. The van der Waals surface area contributed by atoms with E-state index in [9.17, 15) is 8.42 Å². The summed E-state index contributed by atoms with van der Waals surface area (Å²) in [6.07, 6.45) is 1.05. The van der Waals surface area contributed by atoms with Crippen molar-refractivity contribution in [2.24, 2.45) is 11.8 Å². The largest absolute Gasteiger partial charge is 0.243 e. The first-order chi connectivity index (χ1) is 10.2. The van der Waals surface area contributed by atoms with E-state index in [0.717, 1.165) is 6.42 Å². The molecule has 0 spiro atoms. The highest BCUT2D eigenvalue weighted by molar-refractivity contribution is 7.89. The molecule has 0 saturated carbocycles. The summed E-state index contributed by atoms with van der Waals surface area (Å²) in [7, 11) is -3.41. The normalized spacial score (nSPS) is 14.0. The van der Waals surface area contributed by atoms with Gasteiger partial charge in [-0.3, -0.25) is 0 Å². The summed E-state index contributed by atoms with van der Waals surface area (Å²) in [6, 6.07) is 7.41. The van der Waals surface area contributed by atoms with Gasteiger partial charge >= 0.3 is 0 Å². The van der Waals surface area contributed by atoms with Crippen molar-refractivity contribution in [3.63, 3.8) is 0 Å². The molecule has 1 rings (SSSR count).